The van der Waals surface area contributed by atoms with Crippen molar-refractivity contribution in [1.82, 2.24) is 9.55 Å². The van der Waals surface area contributed by atoms with Gasteiger partial charge in [-0.2, -0.15) is 0 Å². The van der Waals surface area contributed by atoms with E-state index in [1.165, 1.54) is 58.5 Å². The van der Waals surface area contributed by atoms with Crippen LogP contribution in [-0.4, -0.2) is 29.4 Å². The summed E-state index contributed by atoms with van der Waals surface area (Å²) < 4.78 is 13.7. The van der Waals surface area contributed by atoms with E-state index in [0.717, 1.165) is 48.9 Å². The number of nitrogens with one attached hydrogen (secondary N) is 1. The number of unbranched alkanes of at least 4 members (excludes halogenated alkanes) is 1. The lowest BCUT2D eigenvalue weighted by Crippen LogP contribution is -2.07. The summed E-state index contributed by atoms with van der Waals surface area (Å²) in [5.74, 6) is 2.45. The lowest BCUT2D eigenvalue weighted by atomic mass is 9.90. The lowest BCUT2D eigenvalue weighted by Gasteiger charge is -2.15. The fraction of sp³-hybridized carbons (Fsp3) is 0.395. The Balaban J connectivity index is 1.21. The van der Waals surface area contributed by atoms with E-state index in [2.05, 4.69) is 115 Å². The van der Waals surface area contributed by atoms with Crippen molar-refractivity contribution in [3.8, 4) is 16.9 Å². The molecular formula is C38H47N3O2S. The van der Waals surface area contributed by atoms with E-state index in [4.69, 9.17) is 9.47 Å². The van der Waals surface area contributed by atoms with E-state index >= 15 is 0 Å². The standard InChI is InChI=1S/C38H47N3O2S/c1-4-6-23-42-24-25-43-35-16-11-30(12-17-35)32-13-20-37(31-9-7-8-10-31)33(26-32)21-22-39-34-14-18-36(19-15-34)44-27-38-29(3)40-28-41(38)5-2/h11-22,26,28,31,39H,4-10,23-25,27H2,1-3H3/b22-21-. The number of imidazole rings is 1. The molecule has 6 heteroatoms. The summed E-state index contributed by atoms with van der Waals surface area (Å²) in [6.45, 7) is 9.39. The van der Waals surface area contributed by atoms with Gasteiger partial charge in [0.15, 0.2) is 0 Å². The summed E-state index contributed by atoms with van der Waals surface area (Å²) in [7, 11) is 0. The second-order valence-electron chi connectivity index (χ2n) is 11.5. The van der Waals surface area contributed by atoms with Crippen LogP contribution in [-0.2, 0) is 17.0 Å². The monoisotopic (exact) mass is 609 g/mol. The van der Waals surface area contributed by atoms with E-state index in [-0.39, 0.29) is 0 Å². The van der Waals surface area contributed by atoms with Crippen molar-refractivity contribution < 1.29 is 9.47 Å². The first-order valence-electron chi connectivity index (χ1n) is 16.3. The van der Waals surface area contributed by atoms with E-state index in [1.54, 1.807) is 0 Å². The van der Waals surface area contributed by atoms with Gasteiger partial charge in [0.25, 0.3) is 0 Å². The van der Waals surface area contributed by atoms with Crippen molar-refractivity contribution in [1.29, 1.82) is 0 Å². The minimum atomic E-state index is 0.577. The molecular weight excluding hydrogens is 563 g/mol. The molecule has 0 aliphatic heterocycles. The zero-order valence-corrected chi connectivity index (χ0v) is 27.4. The number of benzene rings is 3. The van der Waals surface area contributed by atoms with E-state index in [0.29, 0.717) is 19.1 Å². The predicted molar refractivity (Wildman–Crippen MR) is 186 cm³/mol. The molecule has 0 amide bonds. The van der Waals surface area contributed by atoms with Gasteiger partial charge < -0.3 is 19.4 Å². The molecule has 1 aliphatic carbocycles. The van der Waals surface area contributed by atoms with Crippen LogP contribution in [0, 0.1) is 6.92 Å². The number of ether oxygens (including phenoxy) is 2. The average molecular weight is 610 g/mol. The summed E-state index contributed by atoms with van der Waals surface area (Å²) in [5, 5.41) is 3.51. The van der Waals surface area contributed by atoms with Gasteiger partial charge in [-0.25, -0.2) is 4.98 Å². The molecule has 0 bridgehead atoms. The maximum absolute atomic E-state index is 5.89. The lowest BCUT2D eigenvalue weighted by molar-refractivity contribution is 0.0981. The Bertz CT molecular complexity index is 1470. The zero-order valence-electron chi connectivity index (χ0n) is 26.6. The number of thioether (sulfide) groups is 1. The molecule has 0 atom stereocenters. The summed E-state index contributed by atoms with van der Waals surface area (Å²) >= 11 is 1.85. The minimum absolute atomic E-state index is 0.577. The highest BCUT2D eigenvalue weighted by Gasteiger charge is 2.19. The van der Waals surface area contributed by atoms with Crippen LogP contribution in [0.15, 0.2) is 84.2 Å². The Morgan fingerprint density at radius 2 is 1.70 bits per heavy atom. The molecule has 232 valence electrons. The molecule has 4 aromatic rings. The van der Waals surface area contributed by atoms with E-state index in [9.17, 15) is 0 Å². The molecule has 0 radical (unpaired) electrons. The van der Waals surface area contributed by atoms with Crippen LogP contribution in [0.2, 0.25) is 0 Å². The number of anilines is 1. The Labute approximate surface area is 268 Å². The SMILES string of the molecule is CCCCOCCOc1ccc(-c2ccc(C3CCCC3)c(/C=C\Nc3ccc(SCc4c(C)ncn4CC)cc3)c2)cc1. The van der Waals surface area contributed by atoms with Crippen molar-refractivity contribution in [2.24, 2.45) is 0 Å². The largest absolute Gasteiger partial charge is 0.491 e. The van der Waals surface area contributed by atoms with Crippen LogP contribution in [0.25, 0.3) is 17.2 Å². The number of aryl methyl sites for hydroxylation is 2. The molecule has 1 N–H and O–H groups in total. The molecule has 5 nitrogen and oxygen atoms in total. The summed E-state index contributed by atoms with van der Waals surface area (Å²) in [6, 6.07) is 24.1. The topological polar surface area (TPSA) is 48.3 Å². The molecule has 3 aromatic carbocycles. The van der Waals surface area contributed by atoms with Gasteiger partial charge >= 0.3 is 0 Å². The second-order valence-corrected chi connectivity index (χ2v) is 12.6. The van der Waals surface area contributed by atoms with Gasteiger partial charge in [0.2, 0.25) is 0 Å². The van der Waals surface area contributed by atoms with Crippen molar-refractivity contribution in [3.05, 3.63) is 102 Å². The quantitative estimate of drug-likeness (QED) is 0.101. The van der Waals surface area contributed by atoms with Crippen molar-refractivity contribution in [2.45, 2.75) is 82.4 Å². The molecule has 1 heterocycles. The van der Waals surface area contributed by atoms with Gasteiger partial charge in [0, 0.05) is 35.7 Å². The highest BCUT2D eigenvalue weighted by atomic mass is 32.2. The number of aromatic nitrogens is 2. The third kappa shape index (κ3) is 8.80. The molecule has 1 aromatic heterocycles. The number of nitrogens with zero attached hydrogens (tertiary/aromatic N) is 2. The third-order valence-corrected chi connectivity index (χ3v) is 9.47. The fourth-order valence-corrected chi connectivity index (χ4v) is 6.82. The van der Waals surface area contributed by atoms with Crippen LogP contribution in [0.3, 0.4) is 0 Å². The maximum Gasteiger partial charge on any atom is 0.119 e. The zero-order chi connectivity index (χ0) is 30.6. The predicted octanol–water partition coefficient (Wildman–Crippen LogP) is 10.1. The van der Waals surface area contributed by atoms with Crippen LogP contribution >= 0.6 is 11.8 Å². The molecule has 1 saturated carbocycles. The van der Waals surface area contributed by atoms with Gasteiger partial charge in [0.1, 0.15) is 12.4 Å². The second kappa shape index (κ2) is 16.6. The van der Waals surface area contributed by atoms with Crippen LogP contribution in [0.4, 0.5) is 5.69 Å². The molecule has 5 rings (SSSR count). The first-order chi connectivity index (χ1) is 21.6. The van der Waals surface area contributed by atoms with Crippen LogP contribution < -0.4 is 10.1 Å². The molecule has 1 aliphatic rings. The Hall–Kier alpha value is -3.48. The molecule has 44 heavy (non-hydrogen) atoms. The van der Waals surface area contributed by atoms with Gasteiger partial charge in [-0.15, -0.1) is 11.8 Å². The molecule has 0 unspecified atom stereocenters. The Morgan fingerprint density at radius 1 is 0.932 bits per heavy atom. The van der Waals surface area contributed by atoms with Gasteiger partial charge in [0.05, 0.1) is 24.3 Å². The Morgan fingerprint density at radius 3 is 2.45 bits per heavy atom. The van der Waals surface area contributed by atoms with Crippen molar-refractivity contribution in [2.75, 3.05) is 25.1 Å². The first kappa shape index (κ1) is 31.9. The number of hydrogen-bond acceptors (Lipinski definition) is 5. The minimum Gasteiger partial charge on any atom is -0.491 e. The van der Waals surface area contributed by atoms with E-state index < -0.39 is 0 Å². The number of rotatable bonds is 16. The van der Waals surface area contributed by atoms with E-state index in [1.807, 2.05) is 18.1 Å². The number of hydrogen-bond donors (Lipinski definition) is 1. The average Bonchev–Trinajstić information content (AvgIpc) is 3.72. The summed E-state index contributed by atoms with van der Waals surface area (Å²) in [6.07, 6.45) is 13.7. The third-order valence-electron chi connectivity index (χ3n) is 8.45. The molecule has 0 spiro atoms. The Kier molecular flexibility index (Phi) is 12.0. The first-order valence-corrected chi connectivity index (χ1v) is 17.2. The summed E-state index contributed by atoms with van der Waals surface area (Å²) in [4.78, 5) is 5.73. The van der Waals surface area contributed by atoms with Gasteiger partial charge in [-0.3, -0.25) is 0 Å². The van der Waals surface area contributed by atoms with Gasteiger partial charge in [-0.1, -0.05) is 50.5 Å². The van der Waals surface area contributed by atoms with Crippen LogP contribution in [0.5, 0.6) is 5.75 Å². The molecule has 1 fully saturated rings. The van der Waals surface area contributed by atoms with Crippen molar-refractivity contribution in [3.63, 3.8) is 0 Å². The summed E-state index contributed by atoms with van der Waals surface area (Å²) in [5.41, 5.74) is 8.68. The smallest absolute Gasteiger partial charge is 0.119 e. The fourth-order valence-electron chi connectivity index (χ4n) is 5.81. The highest BCUT2D eigenvalue weighted by Crippen LogP contribution is 2.38. The van der Waals surface area contributed by atoms with Crippen LogP contribution in [0.1, 0.15) is 80.8 Å². The van der Waals surface area contributed by atoms with Gasteiger partial charge in [-0.05, 0) is 110 Å². The highest BCUT2D eigenvalue weighted by molar-refractivity contribution is 7.98. The maximum atomic E-state index is 5.89. The molecule has 0 saturated heterocycles. The van der Waals surface area contributed by atoms with Crippen molar-refractivity contribution >= 4 is 23.5 Å². The normalized spacial score (nSPS) is 13.6.